The molecule has 12 heavy (non-hydrogen) atoms. The van der Waals surface area contributed by atoms with Gasteiger partial charge in [-0.15, -0.1) is 0 Å². The predicted octanol–water partition coefficient (Wildman–Crippen LogP) is 1.74. The van der Waals surface area contributed by atoms with Gasteiger partial charge < -0.3 is 9.47 Å². The Balaban J connectivity index is 3.08. The molecule has 0 aromatic rings. The van der Waals surface area contributed by atoms with Crippen molar-refractivity contribution in [2.75, 3.05) is 25.2 Å². The lowest BCUT2D eigenvalue weighted by atomic mass is 10.3. The topological polar surface area (TPSA) is 35.5 Å². The van der Waals surface area contributed by atoms with Crippen molar-refractivity contribution in [1.29, 1.82) is 0 Å². The SMILES string of the molecule is CCOCCOC(=O)CCCBr. The molecule has 0 saturated heterocycles. The molecule has 0 rings (SSSR count). The van der Waals surface area contributed by atoms with Gasteiger partial charge in [0.25, 0.3) is 0 Å². The van der Waals surface area contributed by atoms with E-state index in [0.29, 0.717) is 26.2 Å². The molecule has 0 spiro atoms. The molecule has 0 fully saturated rings. The van der Waals surface area contributed by atoms with Crippen LogP contribution in [0.5, 0.6) is 0 Å². The molecule has 0 saturated carbocycles. The van der Waals surface area contributed by atoms with E-state index in [-0.39, 0.29) is 5.97 Å². The van der Waals surface area contributed by atoms with Gasteiger partial charge in [0.15, 0.2) is 0 Å². The summed E-state index contributed by atoms with van der Waals surface area (Å²) in [7, 11) is 0. The molecule has 0 aliphatic rings. The third kappa shape index (κ3) is 8.01. The van der Waals surface area contributed by atoms with Crippen LogP contribution in [0.3, 0.4) is 0 Å². The Morgan fingerprint density at radius 3 is 2.75 bits per heavy atom. The first-order chi connectivity index (χ1) is 5.81. The maximum atomic E-state index is 10.9. The number of hydrogen-bond acceptors (Lipinski definition) is 3. The van der Waals surface area contributed by atoms with Crippen molar-refractivity contribution in [2.45, 2.75) is 19.8 Å². The zero-order valence-electron chi connectivity index (χ0n) is 7.35. The Morgan fingerprint density at radius 1 is 1.42 bits per heavy atom. The van der Waals surface area contributed by atoms with E-state index in [4.69, 9.17) is 9.47 Å². The monoisotopic (exact) mass is 238 g/mol. The molecule has 0 bridgehead atoms. The van der Waals surface area contributed by atoms with Gasteiger partial charge in [0, 0.05) is 18.4 Å². The highest BCUT2D eigenvalue weighted by Crippen LogP contribution is 1.96. The molecule has 3 nitrogen and oxygen atoms in total. The van der Waals surface area contributed by atoms with E-state index in [2.05, 4.69) is 15.9 Å². The van der Waals surface area contributed by atoms with E-state index in [1.54, 1.807) is 0 Å². The summed E-state index contributed by atoms with van der Waals surface area (Å²) >= 11 is 3.24. The molecule has 0 amide bonds. The number of esters is 1. The summed E-state index contributed by atoms with van der Waals surface area (Å²) in [4.78, 5) is 10.9. The molecular weight excluding hydrogens is 224 g/mol. The molecule has 0 radical (unpaired) electrons. The number of ether oxygens (including phenoxy) is 2. The molecule has 0 heterocycles. The van der Waals surface area contributed by atoms with E-state index >= 15 is 0 Å². The lowest BCUT2D eigenvalue weighted by molar-refractivity contribution is -0.145. The molecule has 0 aliphatic carbocycles. The maximum absolute atomic E-state index is 10.9. The van der Waals surface area contributed by atoms with Crippen molar-refractivity contribution in [3.8, 4) is 0 Å². The molecule has 0 unspecified atom stereocenters. The molecule has 0 N–H and O–H groups in total. The van der Waals surface area contributed by atoms with Gasteiger partial charge in [0.2, 0.25) is 0 Å². The Kier molecular flexibility index (Phi) is 8.93. The van der Waals surface area contributed by atoms with Crippen LogP contribution < -0.4 is 0 Å². The number of hydrogen-bond donors (Lipinski definition) is 0. The Morgan fingerprint density at radius 2 is 2.17 bits per heavy atom. The fourth-order valence-electron chi connectivity index (χ4n) is 0.642. The van der Waals surface area contributed by atoms with Crippen molar-refractivity contribution >= 4 is 21.9 Å². The minimum atomic E-state index is -0.144. The van der Waals surface area contributed by atoms with E-state index in [9.17, 15) is 4.79 Å². The second kappa shape index (κ2) is 9.00. The Hall–Kier alpha value is -0.0900. The van der Waals surface area contributed by atoms with Crippen LogP contribution in [0.2, 0.25) is 0 Å². The molecule has 0 aromatic carbocycles. The second-order valence-corrected chi connectivity index (χ2v) is 3.00. The highest BCUT2D eigenvalue weighted by Gasteiger charge is 2.00. The number of carbonyl (C=O) groups is 1. The van der Waals surface area contributed by atoms with Crippen LogP contribution in [0.25, 0.3) is 0 Å². The van der Waals surface area contributed by atoms with Gasteiger partial charge in [-0.3, -0.25) is 4.79 Å². The van der Waals surface area contributed by atoms with E-state index < -0.39 is 0 Å². The average molecular weight is 239 g/mol. The summed E-state index contributed by atoms with van der Waals surface area (Å²) in [6, 6.07) is 0. The number of carbonyl (C=O) groups excluding carboxylic acids is 1. The summed E-state index contributed by atoms with van der Waals surface area (Å²) in [6.07, 6.45) is 1.31. The lowest BCUT2D eigenvalue weighted by Gasteiger charge is -2.03. The second-order valence-electron chi connectivity index (χ2n) is 2.21. The Labute approximate surface area is 81.6 Å². The van der Waals surface area contributed by atoms with Gasteiger partial charge in [-0.2, -0.15) is 0 Å². The van der Waals surface area contributed by atoms with Crippen LogP contribution in [0.1, 0.15) is 19.8 Å². The number of halogens is 1. The molecule has 0 aliphatic heterocycles. The van der Waals surface area contributed by atoms with Crippen molar-refractivity contribution in [1.82, 2.24) is 0 Å². The van der Waals surface area contributed by atoms with Crippen LogP contribution in [0.15, 0.2) is 0 Å². The van der Waals surface area contributed by atoms with Gasteiger partial charge in [-0.05, 0) is 13.3 Å². The summed E-state index contributed by atoms with van der Waals surface area (Å²) in [5, 5.41) is 0.841. The smallest absolute Gasteiger partial charge is 0.305 e. The van der Waals surface area contributed by atoms with Crippen LogP contribution in [0.4, 0.5) is 0 Å². The summed E-state index contributed by atoms with van der Waals surface area (Å²) in [5.41, 5.74) is 0. The fraction of sp³-hybridized carbons (Fsp3) is 0.875. The van der Waals surface area contributed by atoms with Gasteiger partial charge in [-0.1, -0.05) is 15.9 Å². The summed E-state index contributed by atoms with van der Waals surface area (Å²) in [5.74, 6) is -0.144. The normalized spacial score (nSPS) is 9.83. The molecule has 0 atom stereocenters. The zero-order valence-corrected chi connectivity index (χ0v) is 8.93. The number of rotatable bonds is 7. The first kappa shape index (κ1) is 11.9. The highest BCUT2D eigenvalue weighted by molar-refractivity contribution is 9.09. The Bertz CT molecular complexity index is 117. The van der Waals surface area contributed by atoms with Gasteiger partial charge >= 0.3 is 5.97 Å². The van der Waals surface area contributed by atoms with Crippen molar-refractivity contribution in [3.63, 3.8) is 0 Å². The zero-order chi connectivity index (χ0) is 9.23. The highest BCUT2D eigenvalue weighted by atomic mass is 79.9. The van der Waals surface area contributed by atoms with E-state index in [1.165, 1.54) is 0 Å². The fourth-order valence-corrected chi connectivity index (χ4v) is 0.922. The molecule has 4 heteroatoms. The van der Waals surface area contributed by atoms with E-state index in [0.717, 1.165) is 11.8 Å². The third-order valence-corrected chi connectivity index (χ3v) is 1.77. The minimum Gasteiger partial charge on any atom is -0.463 e. The van der Waals surface area contributed by atoms with Crippen molar-refractivity contribution < 1.29 is 14.3 Å². The van der Waals surface area contributed by atoms with Crippen LogP contribution in [-0.4, -0.2) is 31.1 Å². The van der Waals surface area contributed by atoms with Gasteiger partial charge in [0.05, 0.1) is 6.61 Å². The number of alkyl halides is 1. The minimum absolute atomic E-state index is 0.144. The van der Waals surface area contributed by atoms with Gasteiger partial charge in [-0.25, -0.2) is 0 Å². The lowest BCUT2D eigenvalue weighted by Crippen LogP contribution is -2.10. The average Bonchev–Trinajstić information content (AvgIpc) is 2.09. The van der Waals surface area contributed by atoms with Crippen LogP contribution in [0, 0.1) is 0 Å². The van der Waals surface area contributed by atoms with Crippen LogP contribution in [-0.2, 0) is 14.3 Å². The molecule has 72 valence electrons. The third-order valence-electron chi connectivity index (χ3n) is 1.21. The first-order valence-corrected chi connectivity index (χ1v) is 5.22. The van der Waals surface area contributed by atoms with Crippen molar-refractivity contribution in [3.05, 3.63) is 0 Å². The molecular formula is C8H15BrO3. The quantitative estimate of drug-likeness (QED) is 0.385. The summed E-state index contributed by atoms with van der Waals surface area (Å²) in [6.45, 7) is 3.44. The first-order valence-electron chi connectivity index (χ1n) is 4.10. The van der Waals surface area contributed by atoms with Crippen LogP contribution >= 0.6 is 15.9 Å². The standard InChI is InChI=1S/C8H15BrO3/c1-2-11-6-7-12-8(10)4-3-5-9/h2-7H2,1H3. The molecule has 0 aromatic heterocycles. The predicted molar refractivity (Wildman–Crippen MR) is 50.5 cm³/mol. The maximum Gasteiger partial charge on any atom is 0.305 e. The largest absolute Gasteiger partial charge is 0.463 e. The van der Waals surface area contributed by atoms with Crippen molar-refractivity contribution in [2.24, 2.45) is 0 Å². The summed E-state index contributed by atoms with van der Waals surface area (Å²) < 4.78 is 9.86. The van der Waals surface area contributed by atoms with E-state index in [1.807, 2.05) is 6.92 Å². The van der Waals surface area contributed by atoms with Gasteiger partial charge in [0.1, 0.15) is 6.61 Å².